The molecule has 1 aliphatic rings. The first kappa shape index (κ1) is 17.1. The minimum Gasteiger partial charge on any atom is -0.352 e. The molecule has 2 aromatic rings. The Hall–Kier alpha value is -2.76. The van der Waals surface area contributed by atoms with Crippen molar-refractivity contribution < 1.29 is 18.4 Å². The number of hydrogen-bond donors (Lipinski definition) is 1. The van der Waals surface area contributed by atoms with Crippen LogP contribution in [0, 0.1) is 17.6 Å². The summed E-state index contributed by atoms with van der Waals surface area (Å²) >= 11 is 0. The molecule has 0 aliphatic carbocycles. The highest BCUT2D eigenvalue weighted by Gasteiger charge is 2.31. The van der Waals surface area contributed by atoms with Crippen LogP contribution in [0.1, 0.15) is 22.3 Å². The monoisotopic (exact) mass is 344 g/mol. The van der Waals surface area contributed by atoms with Crippen molar-refractivity contribution in [2.24, 2.45) is 5.92 Å². The first-order valence-corrected chi connectivity index (χ1v) is 8.10. The van der Waals surface area contributed by atoms with Crippen molar-refractivity contribution in [2.45, 2.75) is 13.0 Å². The second-order valence-corrected chi connectivity index (χ2v) is 6.07. The predicted octanol–water partition coefficient (Wildman–Crippen LogP) is 2.74. The summed E-state index contributed by atoms with van der Waals surface area (Å²) < 4.78 is 26.1. The Kier molecular flexibility index (Phi) is 5.07. The van der Waals surface area contributed by atoms with Crippen molar-refractivity contribution in [3.05, 3.63) is 71.3 Å². The molecule has 0 radical (unpaired) electrons. The number of carbonyl (C=O) groups excluding carboxylic acids is 2. The van der Waals surface area contributed by atoms with Crippen LogP contribution in [-0.4, -0.2) is 29.8 Å². The van der Waals surface area contributed by atoms with Crippen LogP contribution in [0.5, 0.6) is 0 Å². The van der Waals surface area contributed by atoms with Gasteiger partial charge in [0.1, 0.15) is 0 Å². The van der Waals surface area contributed by atoms with E-state index in [2.05, 4.69) is 5.32 Å². The van der Waals surface area contributed by atoms with Crippen LogP contribution in [0.15, 0.2) is 48.5 Å². The fourth-order valence-electron chi connectivity index (χ4n) is 2.91. The standard InChI is InChI=1S/C19H18F2N2O2/c20-16-7-6-13(10-17(16)21)11-22-18(24)15-8-9-23(12-15)19(25)14-4-2-1-3-5-14/h1-7,10,15H,8-9,11-12H2,(H,22,24). The van der Waals surface area contributed by atoms with Gasteiger partial charge in [-0.25, -0.2) is 8.78 Å². The molecule has 25 heavy (non-hydrogen) atoms. The Labute approximate surface area is 144 Å². The molecule has 1 fully saturated rings. The van der Waals surface area contributed by atoms with E-state index in [4.69, 9.17) is 0 Å². The number of nitrogens with one attached hydrogen (secondary N) is 1. The summed E-state index contributed by atoms with van der Waals surface area (Å²) in [5, 5.41) is 2.72. The molecule has 1 heterocycles. The average Bonchev–Trinajstić information content (AvgIpc) is 3.13. The van der Waals surface area contributed by atoms with Gasteiger partial charge < -0.3 is 10.2 Å². The van der Waals surface area contributed by atoms with Gasteiger partial charge in [0.15, 0.2) is 11.6 Å². The smallest absolute Gasteiger partial charge is 0.253 e. The summed E-state index contributed by atoms with van der Waals surface area (Å²) in [7, 11) is 0. The molecule has 0 spiro atoms. The van der Waals surface area contributed by atoms with E-state index in [1.54, 1.807) is 29.2 Å². The SMILES string of the molecule is O=C(NCc1ccc(F)c(F)c1)C1CCN(C(=O)c2ccccc2)C1. The first-order valence-electron chi connectivity index (χ1n) is 8.10. The zero-order chi connectivity index (χ0) is 17.8. The highest BCUT2D eigenvalue weighted by molar-refractivity contribution is 5.95. The maximum absolute atomic E-state index is 13.2. The third-order valence-corrected chi connectivity index (χ3v) is 4.32. The van der Waals surface area contributed by atoms with Crippen molar-refractivity contribution in [1.82, 2.24) is 10.2 Å². The van der Waals surface area contributed by atoms with Gasteiger partial charge in [-0.15, -0.1) is 0 Å². The van der Waals surface area contributed by atoms with Crippen LogP contribution >= 0.6 is 0 Å². The maximum atomic E-state index is 13.2. The predicted molar refractivity (Wildman–Crippen MR) is 88.7 cm³/mol. The lowest BCUT2D eigenvalue weighted by atomic mass is 10.1. The summed E-state index contributed by atoms with van der Waals surface area (Å²) in [6.45, 7) is 1.01. The lowest BCUT2D eigenvalue weighted by Gasteiger charge is -2.16. The minimum atomic E-state index is -0.938. The number of amides is 2. The van der Waals surface area contributed by atoms with E-state index in [1.165, 1.54) is 6.07 Å². The molecule has 1 atom stereocenters. The van der Waals surface area contributed by atoms with E-state index < -0.39 is 11.6 Å². The fourth-order valence-corrected chi connectivity index (χ4v) is 2.91. The zero-order valence-electron chi connectivity index (χ0n) is 13.5. The van der Waals surface area contributed by atoms with E-state index >= 15 is 0 Å². The van der Waals surface area contributed by atoms with Crippen LogP contribution in [0.2, 0.25) is 0 Å². The molecule has 2 amide bonds. The third-order valence-electron chi connectivity index (χ3n) is 4.32. The Bertz CT molecular complexity index is 780. The zero-order valence-corrected chi connectivity index (χ0v) is 13.5. The van der Waals surface area contributed by atoms with E-state index in [0.29, 0.717) is 30.6 Å². The Morgan fingerprint density at radius 3 is 2.56 bits per heavy atom. The molecule has 1 N–H and O–H groups in total. The molecule has 1 saturated heterocycles. The lowest BCUT2D eigenvalue weighted by Crippen LogP contribution is -2.34. The minimum absolute atomic E-state index is 0.0866. The van der Waals surface area contributed by atoms with Crippen molar-refractivity contribution in [2.75, 3.05) is 13.1 Å². The average molecular weight is 344 g/mol. The second-order valence-electron chi connectivity index (χ2n) is 6.07. The number of carbonyl (C=O) groups is 2. The van der Waals surface area contributed by atoms with Gasteiger partial charge in [-0.3, -0.25) is 9.59 Å². The molecule has 130 valence electrons. The second kappa shape index (κ2) is 7.42. The molecule has 3 rings (SSSR count). The molecular formula is C19H18F2N2O2. The Morgan fingerprint density at radius 1 is 1.08 bits per heavy atom. The first-order chi connectivity index (χ1) is 12.0. The Morgan fingerprint density at radius 2 is 1.84 bits per heavy atom. The number of hydrogen-bond acceptors (Lipinski definition) is 2. The Balaban J connectivity index is 1.54. The van der Waals surface area contributed by atoms with Crippen molar-refractivity contribution in [3.8, 4) is 0 Å². The van der Waals surface area contributed by atoms with Crippen LogP contribution < -0.4 is 5.32 Å². The van der Waals surface area contributed by atoms with Crippen molar-refractivity contribution in [3.63, 3.8) is 0 Å². The number of halogens is 2. The normalized spacial score (nSPS) is 16.7. The third kappa shape index (κ3) is 4.02. The molecule has 1 aliphatic heterocycles. The van der Waals surface area contributed by atoms with Crippen molar-refractivity contribution >= 4 is 11.8 Å². The van der Waals surface area contributed by atoms with Crippen LogP contribution in [0.4, 0.5) is 8.78 Å². The number of nitrogens with zero attached hydrogens (tertiary/aromatic N) is 1. The van der Waals surface area contributed by atoms with Gasteiger partial charge in [0, 0.05) is 25.2 Å². The van der Waals surface area contributed by atoms with Gasteiger partial charge in [0.05, 0.1) is 5.92 Å². The molecule has 0 bridgehead atoms. The van der Waals surface area contributed by atoms with Crippen LogP contribution in [0.25, 0.3) is 0 Å². The van der Waals surface area contributed by atoms with E-state index in [0.717, 1.165) is 12.1 Å². The van der Waals surface area contributed by atoms with Crippen LogP contribution in [0.3, 0.4) is 0 Å². The van der Waals surface area contributed by atoms with Crippen molar-refractivity contribution in [1.29, 1.82) is 0 Å². The van der Waals surface area contributed by atoms with Gasteiger partial charge in [-0.1, -0.05) is 24.3 Å². The lowest BCUT2D eigenvalue weighted by molar-refractivity contribution is -0.124. The highest BCUT2D eigenvalue weighted by atomic mass is 19.2. The quantitative estimate of drug-likeness (QED) is 0.927. The molecule has 0 saturated carbocycles. The number of benzene rings is 2. The number of rotatable bonds is 4. The van der Waals surface area contributed by atoms with E-state index in [1.807, 2.05) is 6.07 Å². The summed E-state index contributed by atoms with van der Waals surface area (Å²) in [4.78, 5) is 26.3. The molecule has 1 unspecified atom stereocenters. The fraction of sp³-hybridized carbons (Fsp3) is 0.263. The van der Waals surface area contributed by atoms with Gasteiger partial charge in [0.2, 0.25) is 5.91 Å². The van der Waals surface area contributed by atoms with Crippen LogP contribution in [-0.2, 0) is 11.3 Å². The highest BCUT2D eigenvalue weighted by Crippen LogP contribution is 2.19. The molecule has 6 heteroatoms. The summed E-state index contributed by atoms with van der Waals surface area (Å²) in [6, 6.07) is 12.5. The topological polar surface area (TPSA) is 49.4 Å². The maximum Gasteiger partial charge on any atom is 0.253 e. The van der Waals surface area contributed by atoms with E-state index in [-0.39, 0.29) is 24.3 Å². The summed E-state index contributed by atoms with van der Waals surface area (Å²) in [5.41, 5.74) is 1.09. The molecular weight excluding hydrogens is 326 g/mol. The summed E-state index contributed by atoms with van der Waals surface area (Å²) in [5.74, 6) is -2.42. The molecule has 4 nitrogen and oxygen atoms in total. The summed E-state index contributed by atoms with van der Waals surface area (Å²) in [6.07, 6.45) is 0.586. The largest absolute Gasteiger partial charge is 0.352 e. The van der Waals surface area contributed by atoms with Gasteiger partial charge >= 0.3 is 0 Å². The van der Waals surface area contributed by atoms with Gasteiger partial charge in [0.25, 0.3) is 5.91 Å². The van der Waals surface area contributed by atoms with Gasteiger partial charge in [-0.2, -0.15) is 0 Å². The molecule has 2 aromatic carbocycles. The van der Waals surface area contributed by atoms with Gasteiger partial charge in [-0.05, 0) is 36.2 Å². The molecule has 0 aromatic heterocycles. The van der Waals surface area contributed by atoms with E-state index in [9.17, 15) is 18.4 Å². The number of likely N-dealkylation sites (tertiary alicyclic amines) is 1.